The Morgan fingerprint density at radius 2 is 2.00 bits per heavy atom. The minimum Gasteiger partial charge on any atom is -0.478 e. The Bertz CT molecular complexity index is 727. The monoisotopic (exact) mass is 324 g/mol. The normalized spacial score (nSPS) is 10.5. The number of carbonyl (C=O) groups is 2. The van der Waals surface area contributed by atoms with Crippen LogP contribution in [0.4, 0.5) is 5.00 Å². The lowest BCUT2D eigenvalue weighted by atomic mass is 10.1. The molecule has 1 heterocycles. The van der Waals surface area contributed by atoms with E-state index in [4.69, 9.17) is 11.6 Å². The van der Waals surface area contributed by atoms with Crippen LogP contribution in [0.5, 0.6) is 0 Å². The number of carboxylic acid groups (broad SMARTS) is 1. The van der Waals surface area contributed by atoms with Crippen molar-refractivity contribution >= 4 is 40.0 Å². The van der Waals surface area contributed by atoms with Gasteiger partial charge in [0.05, 0.1) is 16.3 Å². The summed E-state index contributed by atoms with van der Waals surface area (Å²) in [6, 6.07) is 5.10. The van der Waals surface area contributed by atoms with Gasteiger partial charge < -0.3 is 10.0 Å². The van der Waals surface area contributed by atoms with Gasteiger partial charge in [-0.3, -0.25) is 4.79 Å². The van der Waals surface area contributed by atoms with Crippen LogP contribution in [0.3, 0.4) is 0 Å². The highest BCUT2D eigenvalue weighted by atomic mass is 35.5. The fourth-order valence-electron chi connectivity index (χ4n) is 1.90. The van der Waals surface area contributed by atoms with Crippen LogP contribution in [-0.4, -0.2) is 28.4 Å². The van der Waals surface area contributed by atoms with Gasteiger partial charge in [0.1, 0.15) is 10.6 Å². The maximum absolute atomic E-state index is 12.5. The number of benzene rings is 1. The fourth-order valence-corrected chi connectivity index (χ4v) is 3.06. The van der Waals surface area contributed by atoms with Gasteiger partial charge >= 0.3 is 5.97 Å². The average molecular weight is 325 g/mol. The first-order valence-electron chi connectivity index (χ1n) is 6.06. The lowest BCUT2D eigenvalue weighted by Gasteiger charge is -2.16. The number of aromatic nitrogens is 1. The molecular weight excluding hydrogens is 312 g/mol. The second-order valence-electron chi connectivity index (χ2n) is 4.60. The molecule has 0 spiro atoms. The smallest absolute Gasteiger partial charge is 0.340 e. The number of aromatic carboxylic acids is 1. The summed E-state index contributed by atoms with van der Waals surface area (Å²) in [7, 11) is 1.51. The van der Waals surface area contributed by atoms with Crippen LogP contribution in [0.25, 0.3) is 0 Å². The van der Waals surface area contributed by atoms with Gasteiger partial charge in [0.15, 0.2) is 0 Å². The van der Waals surface area contributed by atoms with Gasteiger partial charge in [0.2, 0.25) is 0 Å². The molecule has 0 aliphatic heterocycles. The molecule has 0 atom stereocenters. The molecule has 1 aromatic carbocycles. The van der Waals surface area contributed by atoms with E-state index in [2.05, 4.69) is 4.37 Å². The molecule has 1 aromatic heterocycles. The maximum Gasteiger partial charge on any atom is 0.340 e. The number of hydrogen-bond donors (Lipinski definition) is 1. The molecule has 5 nitrogen and oxygen atoms in total. The van der Waals surface area contributed by atoms with Crippen molar-refractivity contribution in [2.45, 2.75) is 13.8 Å². The van der Waals surface area contributed by atoms with Crippen LogP contribution in [0, 0.1) is 13.8 Å². The topological polar surface area (TPSA) is 70.5 Å². The molecule has 1 N–H and O–H groups in total. The van der Waals surface area contributed by atoms with Crippen LogP contribution in [0.2, 0.25) is 5.02 Å². The Labute approximate surface area is 130 Å². The number of rotatable bonds is 3. The minimum atomic E-state index is -1.11. The van der Waals surface area contributed by atoms with Crippen LogP contribution >= 0.6 is 23.1 Å². The summed E-state index contributed by atoms with van der Waals surface area (Å²) >= 11 is 7.06. The van der Waals surface area contributed by atoms with Crippen LogP contribution in [0.1, 0.15) is 32.0 Å². The van der Waals surface area contributed by atoms with Crippen LogP contribution in [-0.2, 0) is 0 Å². The Hall–Kier alpha value is -1.92. The van der Waals surface area contributed by atoms with Crippen molar-refractivity contribution in [2.24, 2.45) is 0 Å². The summed E-state index contributed by atoms with van der Waals surface area (Å²) in [6.45, 7) is 3.47. The number of amides is 1. The molecular formula is C14H13ClN2O3S. The highest BCUT2D eigenvalue weighted by Crippen LogP contribution is 2.30. The van der Waals surface area contributed by atoms with E-state index >= 15 is 0 Å². The van der Waals surface area contributed by atoms with Crippen molar-refractivity contribution in [1.29, 1.82) is 0 Å². The van der Waals surface area contributed by atoms with Crippen LogP contribution < -0.4 is 4.90 Å². The molecule has 0 fully saturated rings. The number of carbonyl (C=O) groups excluding carboxylic acids is 1. The van der Waals surface area contributed by atoms with Gasteiger partial charge in [0.25, 0.3) is 5.91 Å². The highest BCUT2D eigenvalue weighted by molar-refractivity contribution is 7.11. The fraction of sp³-hybridized carbons (Fsp3) is 0.214. The molecule has 0 bridgehead atoms. The number of carboxylic acids is 1. The first-order chi connectivity index (χ1) is 9.82. The zero-order valence-electron chi connectivity index (χ0n) is 11.7. The first kappa shape index (κ1) is 15.5. The van der Waals surface area contributed by atoms with E-state index in [0.717, 1.165) is 17.1 Å². The third-order valence-electron chi connectivity index (χ3n) is 3.02. The van der Waals surface area contributed by atoms with Gasteiger partial charge in [-0.05, 0) is 43.1 Å². The SMILES string of the molecule is Cc1ccc(C(=O)N(C)c2snc(C)c2C(=O)O)c(Cl)c1. The average Bonchev–Trinajstić information content (AvgIpc) is 2.79. The Morgan fingerprint density at radius 1 is 1.33 bits per heavy atom. The van der Waals surface area contributed by atoms with Crippen molar-refractivity contribution in [1.82, 2.24) is 4.37 Å². The Morgan fingerprint density at radius 3 is 2.57 bits per heavy atom. The highest BCUT2D eigenvalue weighted by Gasteiger charge is 2.25. The largest absolute Gasteiger partial charge is 0.478 e. The van der Waals surface area contributed by atoms with Gasteiger partial charge in [0, 0.05) is 7.05 Å². The standard InChI is InChI=1S/C14H13ClN2O3S/c1-7-4-5-9(10(15)6-7)12(18)17(3)13-11(14(19)20)8(2)16-21-13/h4-6H,1-3H3,(H,19,20). The Kier molecular flexibility index (Phi) is 4.29. The summed E-state index contributed by atoms with van der Waals surface area (Å²) in [5, 5.41) is 9.86. The molecule has 0 aliphatic rings. The second-order valence-corrected chi connectivity index (χ2v) is 5.76. The molecule has 0 radical (unpaired) electrons. The van der Waals surface area contributed by atoms with Crippen LogP contribution in [0.15, 0.2) is 18.2 Å². The quantitative estimate of drug-likeness (QED) is 0.939. The van der Waals surface area contributed by atoms with E-state index in [1.807, 2.05) is 6.92 Å². The molecule has 0 saturated carbocycles. The predicted molar refractivity (Wildman–Crippen MR) is 82.7 cm³/mol. The lowest BCUT2D eigenvalue weighted by Crippen LogP contribution is -2.27. The van der Waals surface area contributed by atoms with E-state index < -0.39 is 5.97 Å². The number of anilines is 1. The molecule has 7 heteroatoms. The zero-order chi connectivity index (χ0) is 15.7. The van der Waals surface area contributed by atoms with Crippen molar-refractivity contribution in [3.05, 3.63) is 45.6 Å². The number of halogens is 1. The summed E-state index contributed by atoms with van der Waals surface area (Å²) < 4.78 is 4.01. The molecule has 2 aromatic rings. The molecule has 1 amide bonds. The molecule has 2 rings (SSSR count). The third kappa shape index (κ3) is 2.91. The molecule has 0 unspecified atom stereocenters. The second kappa shape index (κ2) is 5.83. The van der Waals surface area contributed by atoms with Gasteiger partial charge in [-0.25, -0.2) is 4.79 Å². The molecule has 0 saturated heterocycles. The predicted octanol–water partition coefficient (Wildman–Crippen LogP) is 3.39. The molecule has 0 aliphatic carbocycles. The van der Waals surface area contributed by atoms with E-state index in [-0.39, 0.29) is 11.5 Å². The van der Waals surface area contributed by atoms with Gasteiger partial charge in [-0.2, -0.15) is 4.37 Å². The summed E-state index contributed by atoms with van der Waals surface area (Å²) in [6.07, 6.45) is 0. The van der Waals surface area contributed by atoms with Crippen molar-refractivity contribution in [3.8, 4) is 0 Å². The molecule has 21 heavy (non-hydrogen) atoms. The summed E-state index contributed by atoms with van der Waals surface area (Å²) in [5.74, 6) is -1.47. The summed E-state index contributed by atoms with van der Waals surface area (Å²) in [4.78, 5) is 25.0. The zero-order valence-corrected chi connectivity index (χ0v) is 13.2. The Balaban J connectivity index is 2.42. The van der Waals surface area contributed by atoms with Crippen molar-refractivity contribution in [2.75, 3.05) is 11.9 Å². The van der Waals surface area contributed by atoms with Gasteiger partial charge in [-0.15, -0.1) is 0 Å². The van der Waals surface area contributed by atoms with E-state index in [1.165, 1.54) is 11.9 Å². The van der Waals surface area contributed by atoms with Gasteiger partial charge in [-0.1, -0.05) is 17.7 Å². The first-order valence-corrected chi connectivity index (χ1v) is 7.21. The number of aryl methyl sites for hydroxylation is 2. The third-order valence-corrected chi connectivity index (χ3v) is 4.35. The minimum absolute atomic E-state index is 0.0408. The molecule has 110 valence electrons. The maximum atomic E-state index is 12.5. The number of nitrogens with zero attached hydrogens (tertiary/aromatic N) is 2. The number of hydrogen-bond acceptors (Lipinski definition) is 4. The van der Waals surface area contributed by atoms with E-state index in [1.54, 1.807) is 25.1 Å². The summed E-state index contributed by atoms with van der Waals surface area (Å²) in [5.41, 5.74) is 1.70. The van der Waals surface area contributed by atoms with E-state index in [0.29, 0.717) is 21.3 Å². The van der Waals surface area contributed by atoms with E-state index in [9.17, 15) is 14.7 Å². The lowest BCUT2D eigenvalue weighted by molar-refractivity contribution is 0.0697. The van der Waals surface area contributed by atoms with Crippen molar-refractivity contribution < 1.29 is 14.7 Å². The van der Waals surface area contributed by atoms with Crippen molar-refractivity contribution in [3.63, 3.8) is 0 Å².